The molecule has 8 heteroatoms. The maximum absolute atomic E-state index is 12.7. The Hall–Kier alpha value is -3.65. The zero-order valence-electron chi connectivity index (χ0n) is 18.3. The Morgan fingerprint density at radius 2 is 1.78 bits per heavy atom. The highest BCUT2D eigenvalue weighted by molar-refractivity contribution is 7.71. The minimum absolute atomic E-state index is 0.0235. The largest absolute Gasteiger partial charge is 0.497 e. The maximum Gasteiger partial charge on any atom is 0.246 e. The van der Waals surface area contributed by atoms with Gasteiger partial charge < -0.3 is 10.1 Å². The standard InChI is InChI=1S/C24H25N5O2S/c1-17-6-9-20(14-18(17)2)25-23(30)16-28-24(32)29(27-12-4-5-13-27)22(26-28)15-19-7-10-21(31-3)11-8-19/h4-14H,15-16H2,1-3H3,(H,25,30). The minimum atomic E-state index is -0.183. The Kier molecular flexibility index (Phi) is 6.23. The van der Waals surface area contributed by atoms with Crippen LogP contribution in [0.2, 0.25) is 0 Å². The van der Waals surface area contributed by atoms with Gasteiger partial charge in [0.15, 0.2) is 5.82 Å². The third kappa shape index (κ3) is 4.65. The van der Waals surface area contributed by atoms with Crippen LogP contribution in [0.3, 0.4) is 0 Å². The molecule has 2 aromatic carbocycles. The zero-order chi connectivity index (χ0) is 22.7. The van der Waals surface area contributed by atoms with E-state index in [-0.39, 0.29) is 12.5 Å². The SMILES string of the molecule is COc1ccc(Cc2nn(CC(=O)Nc3ccc(C)c(C)c3)c(=S)n2-n2cccc2)cc1. The summed E-state index contributed by atoms with van der Waals surface area (Å²) in [4.78, 5) is 12.7. The van der Waals surface area contributed by atoms with Gasteiger partial charge in [0.25, 0.3) is 0 Å². The number of aryl methyl sites for hydroxylation is 2. The Morgan fingerprint density at radius 1 is 1.06 bits per heavy atom. The first-order valence-corrected chi connectivity index (χ1v) is 10.7. The fourth-order valence-corrected chi connectivity index (χ4v) is 3.73. The van der Waals surface area contributed by atoms with Gasteiger partial charge in [0.05, 0.1) is 7.11 Å². The van der Waals surface area contributed by atoms with Crippen molar-refractivity contribution in [2.75, 3.05) is 12.4 Å². The number of ether oxygens (including phenoxy) is 1. The molecule has 0 saturated carbocycles. The van der Waals surface area contributed by atoms with Crippen molar-refractivity contribution in [2.45, 2.75) is 26.8 Å². The monoisotopic (exact) mass is 447 g/mol. The molecule has 0 aliphatic rings. The molecule has 0 radical (unpaired) electrons. The Balaban J connectivity index is 1.60. The first-order chi connectivity index (χ1) is 15.4. The molecule has 2 heterocycles. The van der Waals surface area contributed by atoms with Crippen LogP contribution >= 0.6 is 12.2 Å². The molecular weight excluding hydrogens is 422 g/mol. The molecule has 1 N–H and O–H groups in total. The fraction of sp³-hybridized carbons (Fsp3) is 0.208. The highest BCUT2D eigenvalue weighted by Gasteiger charge is 2.15. The average Bonchev–Trinajstić information content (AvgIpc) is 3.40. The molecule has 0 atom stereocenters. The molecule has 0 unspecified atom stereocenters. The second-order valence-corrected chi connectivity index (χ2v) is 7.97. The lowest BCUT2D eigenvalue weighted by atomic mass is 10.1. The summed E-state index contributed by atoms with van der Waals surface area (Å²) < 4.78 is 10.9. The molecule has 0 bridgehead atoms. The van der Waals surface area contributed by atoms with Crippen LogP contribution in [-0.2, 0) is 17.8 Å². The molecule has 1 amide bonds. The van der Waals surface area contributed by atoms with Gasteiger partial charge in [-0.05, 0) is 79.2 Å². The van der Waals surface area contributed by atoms with E-state index in [4.69, 9.17) is 17.0 Å². The van der Waals surface area contributed by atoms with Crippen LogP contribution in [0, 0.1) is 18.6 Å². The second kappa shape index (κ2) is 9.23. The van der Waals surface area contributed by atoms with Crippen molar-refractivity contribution in [3.63, 3.8) is 0 Å². The molecule has 164 valence electrons. The minimum Gasteiger partial charge on any atom is -0.497 e. The molecule has 0 saturated heterocycles. The van der Waals surface area contributed by atoms with Gasteiger partial charge in [-0.3, -0.25) is 9.47 Å². The van der Waals surface area contributed by atoms with E-state index >= 15 is 0 Å². The zero-order valence-corrected chi connectivity index (χ0v) is 19.1. The van der Waals surface area contributed by atoms with Gasteiger partial charge >= 0.3 is 0 Å². The molecule has 4 aromatic rings. The van der Waals surface area contributed by atoms with Crippen LogP contribution in [0.1, 0.15) is 22.5 Å². The van der Waals surface area contributed by atoms with Gasteiger partial charge in [-0.1, -0.05) is 18.2 Å². The van der Waals surface area contributed by atoms with Gasteiger partial charge in [0, 0.05) is 24.5 Å². The Labute approximate surface area is 191 Å². The number of rotatable bonds is 7. The molecule has 4 rings (SSSR count). The summed E-state index contributed by atoms with van der Waals surface area (Å²) in [6, 6.07) is 17.5. The van der Waals surface area contributed by atoms with Crippen LogP contribution in [0.25, 0.3) is 0 Å². The number of nitrogens with zero attached hydrogens (tertiary/aromatic N) is 4. The lowest BCUT2D eigenvalue weighted by Crippen LogP contribution is -2.20. The van der Waals surface area contributed by atoms with E-state index in [1.54, 1.807) is 11.8 Å². The molecule has 0 spiro atoms. The number of amides is 1. The quantitative estimate of drug-likeness (QED) is 0.427. The average molecular weight is 448 g/mol. The maximum atomic E-state index is 12.7. The third-order valence-corrected chi connectivity index (χ3v) is 5.69. The van der Waals surface area contributed by atoms with Crippen molar-refractivity contribution in [3.8, 4) is 5.75 Å². The van der Waals surface area contributed by atoms with Crippen molar-refractivity contribution in [2.24, 2.45) is 0 Å². The lowest BCUT2D eigenvalue weighted by Gasteiger charge is -2.08. The van der Waals surface area contributed by atoms with Crippen LogP contribution in [0.4, 0.5) is 5.69 Å². The molecule has 2 aromatic heterocycles. The predicted molar refractivity (Wildman–Crippen MR) is 127 cm³/mol. The number of carbonyl (C=O) groups excluding carboxylic acids is 1. The molecule has 0 fully saturated rings. The van der Waals surface area contributed by atoms with Gasteiger partial charge in [0.1, 0.15) is 12.3 Å². The number of hydrogen-bond acceptors (Lipinski definition) is 4. The summed E-state index contributed by atoms with van der Waals surface area (Å²) in [5.74, 6) is 1.34. The highest BCUT2D eigenvalue weighted by Crippen LogP contribution is 2.16. The van der Waals surface area contributed by atoms with E-state index in [1.165, 1.54) is 5.56 Å². The van der Waals surface area contributed by atoms with Crippen LogP contribution in [0.15, 0.2) is 67.0 Å². The third-order valence-electron chi connectivity index (χ3n) is 5.31. The van der Waals surface area contributed by atoms with E-state index in [2.05, 4.69) is 10.4 Å². The second-order valence-electron chi connectivity index (χ2n) is 7.60. The molecule has 32 heavy (non-hydrogen) atoms. The topological polar surface area (TPSA) is 66.0 Å². The van der Waals surface area contributed by atoms with Crippen molar-refractivity contribution in [1.82, 2.24) is 19.1 Å². The summed E-state index contributed by atoms with van der Waals surface area (Å²) in [7, 11) is 1.64. The van der Waals surface area contributed by atoms with E-state index in [1.807, 2.05) is 90.2 Å². The summed E-state index contributed by atoms with van der Waals surface area (Å²) in [6.07, 6.45) is 4.35. The van der Waals surface area contributed by atoms with Crippen LogP contribution in [-0.4, -0.2) is 32.1 Å². The van der Waals surface area contributed by atoms with E-state index in [0.29, 0.717) is 11.2 Å². The van der Waals surface area contributed by atoms with Crippen molar-refractivity contribution < 1.29 is 9.53 Å². The molecule has 7 nitrogen and oxygen atoms in total. The fourth-order valence-electron chi connectivity index (χ4n) is 3.43. The number of benzene rings is 2. The number of nitrogens with one attached hydrogen (secondary N) is 1. The number of anilines is 1. The summed E-state index contributed by atoms with van der Waals surface area (Å²) >= 11 is 5.68. The van der Waals surface area contributed by atoms with Crippen molar-refractivity contribution in [3.05, 3.63) is 94.3 Å². The van der Waals surface area contributed by atoms with Crippen molar-refractivity contribution >= 4 is 23.8 Å². The van der Waals surface area contributed by atoms with Gasteiger partial charge in [0.2, 0.25) is 10.7 Å². The first-order valence-electron chi connectivity index (χ1n) is 10.3. The predicted octanol–water partition coefficient (Wildman–Crippen LogP) is 4.38. The Morgan fingerprint density at radius 3 is 2.44 bits per heavy atom. The van der Waals surface area contributed by atoms with Crippen LogP contribution < -0.4 is 10.1 Å². The van der Waals surface area contributed by atoms with Gasteiger partial charge in [-0.15, -0.1) is 0 Å². The van der Waals surface area contributed by atoms with E-state index in [0.717, 1.165) is 28.4 Å². The summed E-state index contributed by atoms with van der Waals surface area (Å²) in [5.41, 5.74) is 4.12. The summed E-state index contributed by atoms with van der Waals surface area (Å²) in [5, 5.41) is 7.61. The van der Waals surface area contributed by atoms with E-state index < -0.39 is 0 Å². The van der Waals surface area contributed by atoms with Gasteiger partial charge in [-0.2, -0.15) is 5.10 Å². The van der Waals surface area contributed by atoms with Crippen molar-refractivity contribution in [1.29, 1.82) is 0 Å². The summed E-state index contributed by atoms with van der Waals surface area (Å²) in [6.45, 7) is 4.08. The number of aromatic nitrogens is 4. The number of carbonyl (C=O) groups is 1. The highest BCUT2D eigenvalue weighted by atomic mass is 32.1. The lowest BCUT2D eigenvalue weighted by molar-refractivity contribution is -0.116. The molecular formula is C24H25N5O2S. The first kappa shape index (κ1) is 21.6. The molecule has 0 aliphatic carbocycles. The Bertz CT molecular complexity index is 1290. The van der Waals surface area contributed by atoms with E-state index in [9.17, 15) is 4.79 Å². The smallest absolute Gasteiger partial charge is 0.246 e. The number of hydrogen-bond donors (Lipinski definition) is 1. The van der Waals surface area contributed by atoms with Crippen LogP contribution in [0.5, 0.6) is 5.75 Å². The normalized spacial score (nSPS) is 10.8. The van der Waals surface area contributed by atoms with Gasteiger partial charge in [-0.25, -0.2) is 9.36 Å². The molecule has 0 aliphatic heterocycles. The number of methoxy groups -OCH3 is 1.